The number of hydrogen-bond donors (Lipinski definition) is 1. The summed E-state index contributed by atoms with van der Waals surface area (Å²) in [6.07, 6.45) is 2.78. The molecule has 0 spiro atoms. The van der Waals surface area contributed by atoms with Gasteiger partial charge in [0.05, 0.1) is 6.61 Å². The van der Waals surface area contributed by atoms with Crippen LogP contribution in [0.2, 0.25) is 0 Å². The highest BCUT2D eigenvalue weighted by Gasteiger charge is 2.20. The predicted molar refractivity (Wildman–Crippen MR) is 37.5 cm³/mol. The predicted octanol–water partition coefficient (Wildman–Crippen LogP) is 0.632. The van der Waals surface area contributed by atoms with Gasteiger partial charge >= 0.3 is 0 Å². The summed E-state index contributed by atoms with van der Waals surface area (Å²) < 4.78 is 5.34. The highest BCUT2D eigenvalue weighted by molar-refractivity contribution is 4.71. The van der Waals surface area contributed by atoms with Gasteiger partial charge in [0, 0.05) is 13.2 Å². The molecule has 0 aliphatic heterocycles. The fraction of sp³-hybridized carbons (Fsp3) is 1.00. The van der Waals surface area contributed by atoms with Gasteiger partial charge in [0.25, 0.3) is 0 Å². The lowest BCUT2D eigenvalue weighted by Crippen LogP contribution is -2.14. The van der Waals surface area contributed by atoms with Crippen molar-refractivity contribution in [2.24, 2.45) is 5.92 Å². The molecule has 0 saturated heterocycles. The molecule has 0 atom stereocenters. The van der Waals surface area contributed by atoms with Crippen LogP contribution in [0.5, 0.6) is 0 Å². The fourth-order valence-electron chi connectivity index (χ4n) is 0.709. The van der Waals surface area contributed by atoms with E-state index in [0.717, 1.165) is 25.7 Å². The first-order valence-corrected chi connectivity index (χ1v) is 3.66. The molecule has 54 valence electrons. The molecule has 0 heterocycles. The molecular formula is C7H15NO. The van der Waals surface area contributed by atoms with Crippen molar-refractivity contribution in [3.63, 3.8) is 0 Å². The summed E-state index contributed by atoms with van der Waals surface area (Å²) in [5.74, 6) is 0.904. The van der Waals surface area contributed by atoms with Crippen molar-refractivity contribution in [3.05, 3.63) is 0 Å². The molecular weight excluding hydrogens is 114 g/mol. The Kier molecular flexibility index (Phi) is 3.01. The third kappa shape index (κ3) is 3.49. The molecule has 0 radical (unpaired) electrons. The molecule has 0 unspecified atom stereocenters. The zero-order valence-electron chi connectivity index (χ0n) is 6.02. The maximum atomic E-state index is 5.34. The van der Waals surface area contributed by atoms with Crippen molar-refractivity contribution in [1.82, 2.24) is 5.32 Å². The summed E-state index contributed by atoms with van der Waals surface area (Å²) in [6, 6.07) is 0. The molecule has 9 heavy (non-hydrogen) atoms. The van der Waals surface area contributed by atoms with Crippen molar-refractivity contribution in [2.75, 3.05) is 26.8 Å². The van der Waals surface area contributed by atoms with Crippen LogP contribution in [0.3, 0.4) is 0 Å². The average Bonchev–Trinajstić information content (AvgIpc) is 2.63. The van der Waals surface area contributed by atoms with Crippen LogP contribution in [0.15, 0.2) is 0 Å². The van der Waals surface area contributed by atoms with Crippen molar-refractivity contribution < 1.29 is 4.74 Å². The molecule has 1 fully saturated rings. The van der Waals surface area contributed by atoms with E-state index in [1.165, 1.54) is 12.8 Å². The van der Waals surface area contributed by atoms with E-state index < -0.39 is 0 Å². The number of likely N-dealkylation sites (N-methyl/N-ethyl adjacent to an activating group) is 1. The Hall–Kier alpha value is -0.0800. The van der Waals surface area contributed by atoms with Crippen molar-refractivity contribution in [3.8, 4) is 0 Å². The molecule has 1 rings (SSSR count). The molecule has 2 heteroatoms. The first-order valence-electron chi connectivity index (χ1n) is 3.66. The number of nitrogens with one attached hydrogen (secondary N) is 1. The van der Waals surface area contributed by atoms with Gasteiger partial charge < -0.3 is 10.1 Å². The lowest BCUT2D eigenvalue weighted by molar-refractivity contribution is 0.127. The van der Waals surface area contributed by atoms with E-state index in [0.29, 0.717) is 0 Å². The number of hydrogen-bond acceptors (Lipinski definition) is 2. The summed E-state index contributed by atoms with van der Waals surface area (Å²) in [5, 5.41) is 3.04. The molecule has 1 N–H and O–H groups in total. The van der Waals surface area contributed by atoms with Gasteiger partial charge in [0.1, 0.15) is 0 Å². The third-order valence-corrected chi connectivity index (χ3v) is 1.55. The molecule has 0 aromatic carbocycles. The second kappa shape index (κ2) is 3.85. The fourth-order valence-corrected chi connectivity index (χ4v) is 0.709. The van der Waals surface area contributed by atoms with Crippen LogP contribution >= 0.6 is 0 Å². The molecule has 0 aromatic heterocycles. The van der Waals surface area contributed by atoms with Crippen molar-refractivity contribution >= 4 is 0 Å². The lowest BCUT2D eigenvalue weighted by Gasteiger charge is -2.00. The smallest absolute Gasteiger partial charge is 0.0590 e. The Morgan fingerprint density at radius 1 is 1.56 bits per heavy atom. The standard InChI is InChI=1S/C7H15NO/c1-8-4-5-9-6-7-2-3-7/h7-8H,2-6H2,1H3. The third-order valence-electron chi connectivity index (χ3n) is 1.55. The first kappa shape index (κ1) is 7.03. The van der Waals surface area contributed by atoms with Gasteiger partial charge in [-0.3, -0.25) is 0 Å². The number of rotatable bonds is 5. The minimum atomic E-state index is 0.868. The van der Waals surface area contributed by atoms with E-state index in [4.69, 9.17) is 4.74 Å². The van der Waals surface area contributed by atoms with Crippen molar-refractivity contribution in [1.29, 1.82) is 0 Å². The van der Waals surface area contributed by atoms with Crippen LogP contribution in [0.25, 0.3) is 0 Å². The molecule has 1 aliphatic carbocycles. The van der Waals surface area contributed by atoms with Crippen molar-refractivity contribution in [2.45, 2.75) is 12.8 Å². The minimum Gasteiger partial charge on any atom is -0.380 e. The zero-order chi connectivity index (χ0) is 6.53. The van der Waals surface area contributed by atoms with Gasteiger partial charge in [-0.2, -0.15) is 0 Å². The minimum absolute atomic E-state index is 0.868. The van der Waals surface area contributed by atoms with Gasteiger partial charge in [0.2, 0.25) is 0 Å². The Morgan fingerprint density at radius 3 is 2.89 bits per heavy atom. The second-order valence-electron chi connectivity index (χ2n) is 2.62. The van der Waals surface area contributed by atoms with E-state index in [9.17, 15) is 0 Å². The summed E-state index contributed by atoms with van der Waals surface area (Å²) in [4.78, 5) is 0. The summed E-state index contributed by atoms with van der Waals surface area (Å²) in [5.41, 5.74) is 0. The zero-order valence-corrected chi connectivity index (χ0v) is 6.02. The van der Waals surface area contributed by atoms with Crippen LogP contribution in [0.1, 0.15) is 12.8 Å². The monoisotopic (exact) mass is 129 g/mol. The van der Waals surface area contributed by atoms with Gasteiger partial charge in [-0.25, -0.2) is 0 Å². The summed E-state index contributed by atoms with van der Waals surface area (Å²) >= 11 is 0. The molecule has 0 amide bonds. The molecule has 0 aromatic rings. The normalized spacial score (nSPS) is 18.3. The SMILES string of the molecule is CNCCOCC1CC1. The van der Waals surface area contributed by atoms with E-state index in [-0.39, 0.29) is 0 Å². The van der Waals surface area contributed by atoms with E-state index in [1.54, 1.807) is 0 Å². The maximum Gasteiger partial charge on any atom is 0.0590 e. The highest BCUT2D eigenvalue weighted by Crippen LogP contribution is 2.28. The molecule has 2 nitrogen and oxygen atoms in total. The lowest BCUT2D eigenvalue weighted by atomic mass is 10.5. The number of ether oxygens (including phenoxy) is 1. The van der Waals surface area contributed by atoms with Gasteiger partial charge in [-0.15, -0.1) is 0 Å². The molecule has 1 saturated carbocycles. The molecule has 1 aliphatic rings. The van der Waals surface area contributed by atoms with Crippen LogP contribution in [-0.4, -0.2) is 26.8 Å². The van der Waals surface area contributed by atoms with Crippen LogP contribution in [0.4, 0.5) is 0 Å². The van der Waals surface area contributed by atoms with Gasteiger partial charge in [-0.05, 0) is 25.8 Å². The quantitative estimate of drug-likeness (QED) is 0.550. The second-order valence-corrected chi connectivity index (χ2v) is 2.62. The molecule has 0 bridgehead atoms. The van der Waals surface area contributed by atoms with Crippen LogP contribution < -0.4 is 5.32 Å². The maximum absolute atomic E-state index is 5.34. The largest absolute Gasteiger partial charge is 0.380 e. The summed E-state index contributed by atoms with van der Waals surface area (Å²) in [6.45, 7) is 2.83. The first-order chi connectivity index (χ1) is 4.43. The van der Waals surface area contributed by atoms with Crippen LogP contribution in [-0.2, 0) is 4.74 Å². The Labute approximate surface area is 56.6 Å². The van der Waals surface area contributed by atoms with E-state index >= 15 is 0 Å². The Balaban J connectivity index is 1.71. The highest BCUT2D eigenvalue weighted by atomic mass is 16.5. The van der Waals surface area contributed by atoms with E-state index in [1.807, 2.05) is 7.05 Å². The van der Waals surface area contributed by atoms with E-state index in [2.05, 4.69) is 5.32 Å². The van der Waals surface area contributed by atoms with Crippen LogP contribution in [0, 0.1) is 5.92 Å². The Morgan fingerprint density at radius 2 is 2.33 bits per heavy atom. The van der Waals surface area contributed by atoms with Gasteiger partial charge in [0.15, 0.2) is 0 Å². The Bertz CT molecular complexity index is 71.3. The van der Waals surface area contributed by atoms with Gasteiger partial charge in [-0.1, -0.05) is 0 Å². The average molecular weight is 129 g/mol. The topological polar surface area (TPSA) is 21.3 Å². The summed E-state index contributed by atoms with van der Waals surface area (Å²) in [7, 11) is 1.94.